The van der Waals surface area contributed by atoms with Gasteiger partial charge in [-0.05, 0) is 62.6 Å². The SMILES string of the molecule is CC(C)(C)N1CC=C(c2cc(Cl)n3ccc(=O)c(-c4c(F)cccc4F)c3c2)CC1. The summed E-state index contributed by atoms with van der Waals surface area (Å²) in [4.78, 5) is 15.1. The van der Waals surface area contributed by atoms with Gasteiger partial charge >= 0.3 is 0 Å². The maximum Gasteiger partial charge on any atom is 0.190 e. The molecule has 1 aliphatic rings. The van der Waals surface area contributed by atoms with Gasteiger partial charge in [0, 0.05) is 30.9 Å². The molecule has 156 valence electrons. The van der Waals surface area contributed by atoms with E-state index in [-0.39, 0.29) is 16.7 Å². The first-order valence-corrected chi connectivity index (χ1v) is 10.3. The maximum atomic E-state index is 14.5. The van der Waals surface area contributed by atoms with Crippen molar-refractivity contribution in [1.29, 1.82) is 0 Å². The minimum Gasteiger partial charge on any atom is -0.307 e. The van der Waals surface area contributed by atoms with Crippen molar-refractivity contribution >= 4 is 22.7 Å². The molecule has 0 bridgehead atoms. The molecule has 0 aliphatic carbocycles. The van der Waals surface area contributed by atoms with E-state index in [1.807, 2.05) is 6.07 Å². The lowest BCUT2D eigenvalue weighted by Gasteiger charge is -2.37. The number of halogens is 3. The summed E-state index contributed by atoms with van der Waals surface area (Å²) in [5.41, 5.74) is 1.62. The third kappa shape index (κ3) is 3.68. The maximum absolute atomic E-state index is 14.5. The van der Waals surface area contributed by atoms with E-state index in [1.54, 1.807) is 10.5 Å². The van der Waals surface area contributed by atoms with Gasteiger partial charge in [-0.3, -0.25) is 9.69 Å². The number of nitrogens with zero attached hydrogens (tertiary/aromatic N) is 2. The molecule has 0 atom stereocenters. The lowest BCUT2D eigenvalue weighted by atomic mass is 9.95. The molecule has 6 heteroatoms. The molecule has 3 aromatic rings. The van der Waals surface area contributed by atoms with Crippen molar-refractivity contribution in [3.05, 3.63) is 81.2 Å². The molecule has 4 rings (SSSR count). The Bertz CT molecular complexity index is 1200. The van der Waals surface area contributed by atoms with Crippen LogP contribution in [0.15, 0.2) is 53.5 Å². The lowest BCUT2D eigenvalue weighted by Crippen LogP contribution is -2.43. The zero-order valence-electron chi connectivity index (χ0n) is 17.2. The Hall–Kier alpha value is -2.50. The van der Waals surface area contributed by atoms with Crippen LogP contribution >= 0.6 is 11.6 Å². The summed E-state index contributed by atoms with van der Waals surface area (Å²) in [5, 5.41) is 0.375. The number of hydrogen-bond acceptors (Lipinski definition) is 2. The number of hydrogen-bond donors (Lipinski definition) is 0. The highest BCUT2D eigenvalue weighted by atomic mass is 35.5. The third-order valence-electron chi connectivity index (χ3n) is 5.68. The fourth-order valence-corrected chi connectivity index (χ4v) is 4.25. The first kappa shape index (κ1) is 20.8. The van der Waals surface area contributed by atoms with Gasteiger partial charge in [0.1, 0.15) is 16.8 Å². The first-order chi connectivity index (χ1) is 14.2. The zero-order chi connectivity index (χ0) is 21.6. The number of rotatable bonds is 2. The Morgan fingerprint density at radius 1 is 1.03 bits per heavy atom. The van der Waals surface area contributed by atoms with Crippen LogP contribution < -0.4 is 5.43 Å². The highest BCUT2D eigenvalue weighted by Crippen LogP contribution is 2.33. The summed E-state index contributed by atoms with van der Waals surface area (Å²) in [6.45, 7) is 8.24. The standard InChI is InChI=1S/C24H23ClF2N2O/c1-24(2,3)28-10-7-15(8-11-28)16-13-19-23(22-17(26)5-4-6-18(22)27)20(30)9-12-29(19)21(25)14-16/h4-7,9,12-14H,8,10-11H2,1-3H3. The second-order valence-electron chi connectivity index (χ2n) is 8.57. The molecular weight excluding hydrogens is 406 g/mol. The molecule has 0 saturated heterocycles. The van der Waals surface area contributed by atoms with Crippen LogP contribution in [0, 0.1) is 11.6 Å². The highest BCUT2D eigenvalue weighted by molar-refractivity contribution is 6.30. The number of fused-ring (bicyclic) bond motifs is 1. The molecule has 2 aromatic heterocycles. The van der Waals surface area contributed by atoms with Gasteiger partial charge in [0.15, 0.2) is 5.43 Å². The summed E-state index contributed by atoms with van der Waals surface area (Å²) in [6.07, 6.45) is 4.51. The van der Waals surface area contributed by atoms with Crippen LogP contribution in [0.25, 0.3) is 22.2 Å². The van der Waals surface area contributed by atoms with Crippen LogP contribution in [-0.4, -0.2) is 27.9 Å². The summed E-state index contributed by atoms with van der Waals surface area (Å²) in [6, 6.07) is 8.49. The van der Waals surface area contributed by atoms with Crippen LogP contribution in [0.4, 0.5) is 8.78 Å². The molecule has 0 spiro atoms. The van der Waals surface area contributed by atoms with E-state index in [0.29, 0.717) is 10.7 Å². The van der Waals surface area contributed by atoms with Crippen LogP contribution in [0.3, 0.4) is 0 Å². The molecule has 1 aromatic carbocycles. The number of pyridine rings is 2. The molecule has 30 heavy (non-hydrogen) atoms. The van der Waals surface area contributed by atoms with Crippen molar-refractivity contribution in [3.63, 3.8) is 0 Å². The van der Waals surface area contributed by atoms with Gasteiger partial charge in [-0.15, -0.1) is 0 Å². The fraction of sp³-hybridized carbons (Fsp3) is 0.292. The molecule has 0 fully saturated rings. The van der Waals surface area contributed by atoms with Crippen LogP contribution in [0.1, 0.15) is 32.8 Å². The largest absolute Gasteiger partial charge is 0.307 e. The van der Waals surface area contributed by atoms with E-state index < -0.39 is 17.1 Å². The molecule has 0 N–H and O–H groups in total. The Kier molecular flexibility index (Phi) is 5.28. The quantitative estimate of drug-likeness (QED) is 0.483. The molecule has 3 nitrogen and oxygen atoms in total. The zero-order valence-corrected chi connectivity index (χ0v) is 17.9. The van der Waals surface area contributed by atoms with Crippen LogP contribution in [0.2, 0.25) is 5.15 Å². The highest BCUT2D eigenvalue weighted by Gasteiger charge is 2.24. The molecule has 0 radical (unpaired) electrons. The van der Waals surface area contributed by atoms with Crippen LogP contribution in [0.5, 0.6) is 0 Å². The van der Waals surface area contributed by atoms with E-state index in [9.17, 15) is 13.6 Å². The van der Waals surface area contributed by atoms with Gasteiger partial charge in [-0.2, -0.15) is 0 Å². The van der Waals surface area contributed by atoms with Crippen molar-refractivity contribution in [1.82, 2.24) is 9.30 Å². The van der Waals surface area contributed by atoms with E-state index >= 15 is 0 Å². The molecule has 0 saturated carbocycles. The van der Waals surface area contributed by atoms with Gasteiger partial charge in [-0.1, -0.05) is 23.7 Å². The predicted molar refractivity (Wildman–Crippen MR) is 118 cm³/mol. The molecule has 0 amide bonds. The predicted octanol–water partition coefficient (Wildman–Crippen LogP) is 5.79. The minimum atomic E-state index is -0.778. The van der Waals surface area contributed by atoms with Crippen molar-refractivity contribution in [2.75, 3.05) is 13.1 Å². The van der Waals surface area contributed by atoms with Gasteiger partial charge in [0.2, 0.25) is 0 Å². The van der Waals surface area contributed by atoms with E-state index in [0.717, 1.165) is 42.8 Å². The van der Waals surface area contributed by atoms with Crippen LogP contribution in [-0.2, 0) is 0 Å². The topological polar surface area (TPSA) is 24.7 Å². The van der Waals surface area contributed by atoms with Gasteiger partial charge in [0.05, 0.1) is 16.6 Å². The third-order valence-corrected chi connectivity index (χ3v) is 5.97. The summed E-state index contributed by atoms with van der Waals surface area (Å²) in [7, 11) is 0. The Labute approximate surface area is 179 Å². The van der Waals surface area contributed by atoms with E-state index in [4.69, 9.17) is 11.6 Å². The van der Waals surface area contributed by atoms with Crippen molar-refractivity contribution in [2.45, 2.75) is 32.7 Å². The van der Waals surface area contributed by atoms with Gasteiger partial charge in [0.25, 0.3) is 0 Å². The molecule has 0 unspecified atom stereocenters. The Morgan fingerprint density at radius 3 is 2.33 bits per heavy atom. The Morgan fingerprint density at radius 2 is 1.73 bits per heavy atom. The van der Waals surface area contributed by atoms with Crippen molar-refractivity contribution in [3.8, 4) is 11.1 Å². The minimum absolute atomic E-state index is 0.0235. The second kappa shape index (κ2) is 7.64. The van der Waals surface area contributed by atoms with Gasteiger partial charge in [-0.25, -0.2) is 8.78 Å². The van der Waals surface area contributed by atoms with E-state index in [1.165, 1.54) is 18.3 Å². The van der Waals surface area contributed by atoms with Crippen molar-refractivity contribution in [2.24, 2.45) is 0 Å². The summed E-state index contributed by atoms with van der Waals surface area (Å²) in [5.74, 6) is -1.56. The second-order valence-corrected chi connectivity index (χ2v) is 8.96. The first-order valence-electron chi connectivity index (χ1n) is 9.90. The smallest absolute Gasteiger partial charge is 0.190 e. The average Bonchev–Trinajstić information content (AvgIpc) is 2.68. The van der Waals surface area contributed by atoms with Crippen molar-refractivity contribution < 1.29 is 8.78 Å². The molecule has 3 heterocycles. The normalized spacial score (nSPS) is 15.5. The summed E-state index contributed by atoms with van der Waals surface area (Å²) >= 11 is 6.51. The van der Waals surface area contributed by atoms with Gasteiger partial charge < -0.3 is 4.40 Å². The number of aromatic nitrogens is 1. The Balaban J connectivity index is 1.90. The molecular formula is C24H23ClF2N2O. The summed E-state index contributed by atoms with van der Waals surface area (Å²) < 4.78 is 30.6. The monoisotopic (exact) mass is 428 g/mol. The molecule has 1 aliphatic heterocycles. The average molecular weight is 429 g/mol. The number of benzene rings is 1. The lowest BCUT2D eigenvalue weighted by molar-refractivity contribution is 0.153. The van der Waals surface area contributed by atoms with E-state index in [2.05, 4.69) is 31.7 Å². The fourth-order valence-electron chi connectivity index (χ4n) is 3.98.